The first-order valence-electron chi connectivity index (χ1n) is 5.38. The number of amides is 1. The number of carbonyl (C=O) groups is 1. The lowest BCUT2D eigenvalue weighted by atomic mass is 10.1. The molecule has 1 aromatic carbocycles. The van der Waals surface area contributed by atoms with Crippen LogP contribution in [0.1, 0.15) is 17.3 Å². The second-order valence-electron chi connectivity index (χ2n) is 3.97. The van der Waals surface area contributed by atoms with E-state index in [1.807, 2.05) is 6.92 Å². The number of nitrogens with zero attached hydrogens (tertiary/aromatic N) is 1. The van der Waals surface area contributed by atoms with E-state index in [9.17, 15) is 14.9 Å². The van der Waals surface area contributed by atoms with Crippen LogP contribution >= 0.6 is 24.0 Å². The number of rotatable bonds is 5. The number of hydrogen-bond donors (Lipinski definition) is 2. The molecular weight excluding hydrogens is 293 g/mol. The number of nitro benzene ring substituents is 1. The third-order valence-electron chi connectivity index (χ3n) is 2.41. The van der Waals surface area contributed by atoms with E-state index in [4.69, 9.17) is 17.3 Å². The Kier molecular flexibility index (Phi) is 7.36. The lowest BCUT2D eigenvalue weighted by molar-refractivity contribution is -0.385. The van der Waals surface area contributed by atoms with Gasteiger partial charge in [0.15, 0.2) is 0 Å². The van der Waals surface area contributed by atoms with Gasteiger partial charge in [0, 0.05) is 17.6 Å². The van der Waals surface area contributed by atoms with E-state index in [2.05, 4.69) is 5.32 Å². The van der Waals surface area contributed by atoms with Crippen LogP contribution in [-0.4, -0.2) is 23.9 Å². The van der Waals surface area contributed by atoms with Gasteiger partial charge in [0.2, 0.25) is 0 Å². The van der Waals surface area contributed by atoms with Crippen molar-refractivity contribution in [1.29, 1.82) is 0 Å². The molecule has 1 atom stereocenters. The number of carbonyl (C=O) groups excluding carboxylic acids is 1. The van der Waals surface area contributed by atoms with E-state index in [-0.39, 0.29) is 34.6 Å². The predicted molar refractivity (Wildman–Crippen MR) is 75.9 cm³/mol. The molecule has 0 aliphatic carbocycles. The van der Waals surface area contributed by atoms with Gasteiger partial charge in [-0.2, -0.15) is 0 Å². The summed E-state index contributed by atoms with van der Waals surface area (Å²) < 4.78 is 0. The first-order valence-corrected chi connectivity index (χ1v) is 5.75. The number of hydrogen-bond acceptors (Lipinski definition) is 4. The molecular formula is C11H15Cl2N3O3. The normalized spacial score (nSPS) is 11.3. The molecule has 106 valence electrons. The number of benzene rings is 1. The molecule has 8 heteroatoms. The SMILES string of the molecule is CC(CN)CNC(=O)c1ccc(Cl)cc1[N+](=O)[O-].Cl. The number of halogens is 2. The molecule has 0 saturated carbocycles. The Balaban J connectivity index is 0.00000324. The highest BCUT2D eigenvalue weighted by atomic mass is 35.5. The summed E-state index contributed by atoms with van der Waals surface area (Å²) in [5, 5.41) is 13.6. The van der Waals surface area contributed by atoms with Crippen molar-refractivity contribution in [3.05, 3.63) is 38.9 Å². The average Bonchev–Trinajstić information content (AvgIpc) is 2.35. The summed E-state index contributed by atoms with van der Waals surface area (Å²) in [4.78, 5) is 22.0. The fourth-order valence-electron chi connectivity index (χ4n) is 1.29. The molecule has 19 heavy (non-hydrogen) atoms. The van der Waals surface area contributed by atoms with E-state index >= 15 is 0 Å². The molecule has 0 fully saturated rings. The van der Waals surface area contributed by atoms with Crippen molar-refractivity contribution >= 4 is 35.6 Å². The van der Waals surface area contributed by atoms with E-state index in [0.29, 0.717) is 13.1 Å². The van der Waals surface area contributed by atoms with Gasteiger partial charge in [0.25, 0.3) is 11.6 Å². The van der Waals surface area contributed by atoms with Gasteiger partial charge in [-0.05, 0) is 24.6 Å². The van der Waals surface area contributed by atoms with Crippen molar-refractivity contribution < 1.29 is 9.72 Å². The molecule has 6 nitrogen and oxygen atoms in total. The predicted octanol–water partition coefficient (Wildman–Crippen LogP) is 1.99. The maximum absolute atomic E-state index is 11.8. The standard InChI is InChI=1S/C11H14ClN3O3.ClH/c1-7(5-13)6-14-11(16)9-3-2-8(12)4-10(9)15(17)18;/h2-4,7H,5-6,13H2,1H3,(H,14,16);1H. The zero-order chi connectivity index (χ0) is 13.7. The third-order valence-corrected chi connectivity index (χ3v) is 2.65. The van der Waals surface area contributed by atoms with E-state index in [1.165, 1.54) is 12.1 Å². The molecule has 1 amide bonds. The number of nitro groups is 1. The minimum Gasteiger partial charge on any atom is -0.352 e. The van der Waals surface area contributed by atoms with E-state index in [1.54, 1.807) is 0 Å². The highest BCUT2D eigenvalue weighted by Crippen LogP contribution is 2.23. The molecule has 1 rings (SSSR count). The summed E-state index contributed by atoms with van der Waals surface area (Å²) in [6, 6.07) is 3.93. The third kappa shape index (κ3) is 5.02. The van der Waals surface area contributed by atoms with Crippen LogP contribution in [0.3, 0.4) is 0 Å². The van der Waals surface area contributed by atoms with Crippen LogP contribution in [-0.2, 0) is 0 Å². The Morgan fingerprint density at radius 2 is 2.21 bits per heavy atom. The zero-order valence-corrected chi connectivity index (χ0v) is 11.8. The lowest BCUT2D eigenvalue weighted by Gasteiger charge is -2.10. The van der Waals surface area contributed by atoms with Crippen LogP contribution in [0.15, 0.2) is 18.2 Å². The van der Waals surface area contributed by atoms with Crippen molar-refractivity contribution in [2.24, 2.45) is 11.7 Å². The first kappa shape index (κ1) is 17.6. The summed E-state index contributed by atoms with van der Waals surface area (Å²) in [6.45, 7) is 2.68. The summed E-state index contributed by atoms with van der Waals surface area (Å²) in [6.07, 6.45) is 0. The Hall–Kier alpha value is -1.37. The van der Waals surface area contributed by atoms with Crippen molar-refractivity contribution in [3.8, 4) is 0 Å². The second kappa shape index (κ2) is 7.93. The quantitative estimate of drug-likeness (QED) is 0.642. The molecule has 0 aromatic heterocycles. The molecule has 0 heterocycles. The van der Waals surface area contributed by atoms with Crippen LogP contribution < -0.4 is 11.1 Å². The Labute approximate surface area is 121 Å². The first-order chi connectivity index (χ1) is 8.45. The molecule has 0 spiro atoms. The van der Waals surface area contributed by atoms with Crippen molar-refractivity contribution in [1.82, 2.24) is 5.32 Å². The van der Waals surface area contributed by atoms with Gasteiger partial charge in [0.05, 0.1) is 4.92 Å². The Morgan fingerprint density at radius 1 is 1.58 bits per heavy atom. The number of nitrogens with one attached hydrogen (secondary N) is 1. The molecule has 0 aliphatic heterocycles. The van der Waals surface area contributed by atoms with E-state index in [0.717, 1.165) is 6.07 Å². The maximum Gasteiger partial charge on any atom is 0.283 e. The molecule has 0 saturated heterocycles. The summed E-state index contributed by atoms with van der Waals surface area (Å²) in [5.74, 6) is -0.390. The molecule has 1 aromatic rings. The summed E-state index contributed by atoms with van der Waals surface area (Å²) in [7, 11) is 0. The van der Waals surface area contributed by atoms with Crippen molar-refractivity contribution in [3.63, 3.8) is 0 Å². The van der Waals surface area contributed by atoms with Crippen LogP contribution in [0, 0.1) is 16.0 Å². The van der Waals surface area contributed by atoms with Gasteiger partial charge < -0.3 is 11.1 Å². The highest BCUT2D eigenvalue weighted by Gasteiger charge is 2.20. The monoisotopic (exact) mass is 307 g/mol. The van der Waals surface area contributed by atoms with Crippen LogP contribution in [0.5, 0.6) is 0 Å². The average molecular weight is 308 g/mol. The molecule has 0 aliphatic rings. The maximum atomic E-state index is 11.8. The van der Waals surface area contributed by atoms with Crippen molar-refractivity contribution in [2.75, 3.05) is 13.1 Å². The lowest BCUT2D eigenvalue weighted by Crippen LogP contribution is -2.31. The number of nitrogens with two attached hydrogens (primary N) is 1. The van der Waals surface area contributed by atoms with Crippen LogP contribution in [0.25, 0.3) is 0 Å². The molecule has 3 N–H and O–H groups in total. The van der Waals surface area contributed by atoms with Crippen LogP contribution in [0.4, 0.5) is 5.69 Å². The van der Waals surface area contributed by atoms with E-state index < -0.39 is 10.8 Å². The summed E-state index contributed by atoms with van der Waals surface area (Å²) in [5.41, 5.74) is 5.11. The topological polar surface area (TPSA) is 98.3 Å². The Morgan fingerprint density at radius 3 is 2.74 bits per heavy atom. The van der Waals surface area contributed by atoms with Gasteiger partial charge in [0.1, 0.15) is 5.56 Å². The molecule has 0 radical (unpaired) electrons. The second-order valence-corrected chi connectivity index (χ2v) is 4.41. The fourth-order valence-corrected chi connectivity index (χ4v) is 1.46. The highest BCUT2D eigenvalue weighted by molar-refractivity contribution is 6.31. The molecule has 1 unspecified atom stereocenters. The van der Waals surface area contributed by atoms with Gasteiger partial charge in [-0.25, -0.2) is 0 Å². The van der Waals surface area contributed by atoms with Gasteiger partial charge >= 0.3 is 0 Å². The summed E-state index contributed by atoms with van der Waals surface area (Å²) >= 11 is 5.66. The van der Waals surface area contributed by atoms with Crippen LogP contribution in [0.2, 0.25) is 5.02 Å². The minimum atomic E-state index is -0.632. The van der Waals surface area contributed by atoms with Gasteiger partial charge in [-0.15, -0.1) is 12.4 Å². The Bertz CT molecular complexity index is 468. The largest absolute Gasteiger partial charge is 0.352 e. The van der Waals surface area contributed by atoms with Gasteiger partial charge in [-0.3, -0.25) is 14.9 Å². The molecule has 0 bridgehead atoms. The minimum absolute atomic E-state index is 0. The smallest absolute Gasteiger partial charge is 0.283 e. The van der Waals surface area contributed by atoms with Crippen molar-refractivity contribution in [2.45, 2.75) is 6.92 Å². The zero-order valence-electron chi connectivity index (χ0n) is 10.3. The fraction of sp³-hybridized carbons (Fsp3) is 0.364. The van der Waals surface area contributed by atoms with Gasteiger partial charge in [-0.1, -0.05) is 18.5 Å².